The zero-order valence-corrected chi connectivity index (χ0v) is 8.98. The van der Waals surface area contributed by atoms with Crippen LogP contribution < -0.4 is 10.6 Å². The third kappa shape index (κ3) is 2.88. The second-order valence-corrected chi connectivity index (χ2v) is 4.82. The number of carbonyl (C=O) groups excluding carboxylic acids is 2. The van der Waals surface area contributed by atoms with Gasteiger partial charge in [0.15, 0.2) is 0 Å². The van der Waals surface area contributed by atoms with Crippen LogP contribution in [0.4, 0.5) is 4.79 Å². The molecule has 0 aromatic carbocycles. The fourth-order valence-electron chi connectivity index (χ4n) is 0.986. The SMILES string of the molecule is CC(C)(CO)NC(=O)C1CSC(=O)N1. The Bertz CT molecular complexity index is 255. The van der Waals surface area contributed by atoms with Crippen LogP contribution in [-0.2, 0) is 4.79 Å². The zero-order chi connectivity index (χ0) is 10.8. The van der Waals surface area contributed by atoms with Crippen molar-refractivity contribution in [1.82, 2.24) is 10.6 Å². The minimum atomic E-state index is -0.644. The molecule has 0 aliphatic carbocycles. The first kappa shape index (κ1) is 11.3. The standard InChI is InChI=1S/C8H14N2O3S/c1-8(2,4-11)10-6(12)5-3-14-7(13)9-5/h5,11H,3-4H2,1-2H3,(H,9,13)(H,10,12). The number of aliphatic hydroxyl groups excluding tert-OH is 1. The molecule has 1 saturated heterocycles. The Balaban J connectivity index is 2.46. The first-order valence-corrected chi connectivity index (χ1v) is 5.29. The van der Waals surface area contributed by atoms with E-state index in [4.69, 9.17) is 5.11 Å². The van der Waals surface area contributed by atoms with Gasteiger partial charge in [-0.25, -0.2) is 0 Å². The highest BCUT2D eigenvalue weighted by Crippen LogP contribution is 2.13. The molecule has 1 fully saturated rings. The number of carbonyl (C=O) groups is 2. The molecule has 80 valence electrons. The van der Waals surface area contributed by atoms with Gasteiger partial charge in [0, 0.05) is 5.75 Å². The maximum atomic E-state index is 11.5. The van der Waals surface area contributed by atoms with Crippen molar-refractivity contribution in [3.8, 4) is 0 Å². The van der Waals surface area contributed by atoms with Crippen LogP contribution in [0, 0.1) is 0 Å². The second-order valence-electron chi connectivity index (χ2n) is 3.83. The molecule has 0 bridgehead atoms. The Morgan fingerprint density at radius 3 is 2.86 bits per heavy atom. The van der Waals surface area contributed by atoms with Gasteiger partial charge in [-0.1, -0.05) is 11.8 Å². The Hall–Kier alpha value is -0.750. The van der Waals surface area contributed by atoms with Gasteiger partial charge in [0.25, 0.3) is 5.24 Å². The van der Waals surface area contributed by atoms with Gasteiger partial charge in [-0.2, -0.15) is 0 Å². The molecule has 14 heavy (non-hydrogen) atoms. The van der Waals surface area contributed by atoms with E-state index in [1.165, 1.54) is 0 Å². The number of rotatable bonds is 3. The molecule has 0 saturated carbocycles. The summed E-state index contributed by atoms with van der Waals surface area (Å²) in [6.07, 6.45) is 0. The molecular weight excluding hydrogens is 204 g/mol. The van der Waals surface area contributed by atoms with Crippen molar-refractivity contribution in [2.45, 2.75) is 25.4 Å². The lowest BCUT2D eigenvalue weighted by Gasteiger charge is -2.25. The minimum Gasteiger partial charge on any atom is -0.394 e. The lowest BCUT2D eigenvalue weighted by Crippen LogP contribution is -2.53. The van der Waals surface area contributed by atoms with E-state index < -0.39 is 11.6 Å². The molecule has 1 aliphatic rings. The van der Waals surface area contributed by atoms with Crippen molar-refractivity contribution in [1.29, 1.82) is 0 Å². The Labute approximate surface area is 86.6 Å². The fraction of sp³-hybridized carbons (Fsp3) is 0.750. The molecule has 0 aromatic heterocycles. The van der Waals surface area contributed by atoms with Crippen molar-refractivity contribution in [3.63, 3.8) is 0 Å². The highest BCUT2D eigenvalue weighted by molar-refractivity contribution is 8.14. The first-order chi connectivity index (χ1) is 6.44. The summed E-state index contributed by atoms with van der Waals surface area (Å²) in [6.45, 7) is 3.30. The van der Waals surface area contributed by atoms with E-state index in [9.17, 15) is 9.59 Å². The Morgan fingerprint density at radius 2 is 2.43 bits per heavy atom. The third-order valence-electron chi connectivity index (χ3n) is 1.85. The molecular formula is C8H14N2O3S. The molecule has 1 heterocycles. The van der Waals surface area contributed by atoms with E-state index >= 15 is 0 Å². The average molecular weight is 218 g/mol. The summed E-state index contributed by atoms with van der Waals surface area (Å²) >= 11 is 1.09. The largest absolute Gasteiger partial charge is 0.394 e. The van der Waals surface area contributed by atoms with Crippen LogP contribution in [0.5, 0.6) is 0 Å². The highest BCUT2D eigenvalue weighted by Gasteiger charge is 2.30. The molecule has 1 aliphatic heterocycles. The molecule has 0 aromatic rings. The summed E-state index contributed by atoms with van der Waals surface area (Å²) < 4.78 is 0. The van der Waals surface area contributed by atoms with Crippen molar-refractivity contribution in [2.24, 2.45) is 0 Å². The van der Waals surface area contributed by atoms with Gasteiger partial charge < -0.3 is 15.7 Å². The molecule has 5 nitrogen and oxygen atoms in total. The maximum absolute atomic E-state index is 11.5. The molecule has 1 atom stereocenters. The number of hydrogen-bond donors (Lipinski definition) is 3. The van der Waals surface area contributed by atoms with Crippen LogP contribution in [0.3, 0.4) is 0 Å². The van der Waals surface area contributed by atoms with Crippen LogP contribution in [0.1, 0.15) is 13.8 Å². The van der Waals surface area contributed by atoms with Crippen LogP contribution in [-0.4, -0.2) is 40.2 Å². The molecule has 1 unspecified atom stereocenters. The number of thioether (sulfide) groups is 1. The summed E-state index contributed by atoms with van der Waals surface area (Å²) in [5, 5.41) is 13.9. The monoisotopic (exact) mass is 218 g/mol. The number of aliphatic hydroxyl groups is 1. The van der Waals surface area contributed by atoms with E-state index in [1.54, 1.807) is 13.8 Å². The van der Waals surface area contributed by atoms with Gasteiger partial charge in [-0.05, 0) is 13.8 Å². The van der Waals surface area contributed by atoms with Crippen molar-refractivity contribution in [3.05, 3.63) is 0 Å². The lowest BCUT2D eigenvalue weighted by atomic mass is 10.1. The molecule has 2 amide bonds. The van der Waals surface area contributed by atoms with E-state index in [0.29, 0.717) is 5.75 Å². The predicted octanol–water partition coefficient (Wildman–Crippen LogP) is -0.302. The van der Waals surface area contributed by atoms with E-state index in [-0.39, 0.29) is 17.8 Å². The van der Waals surface area contributed by atoms with Crippen LogP contribution in [0.25, 0.3) is 0 Å². The van der Waals surface area contributed by atoms with E-state index in [2.05, 4.69) is 10.6 Å². The van der Waals surface area contributed by atoms with Crippen molar-refractivity contribution < 1.29 is 14.7 Å². The van der Waals surface area contributed by atoms with Crippen LogP contribution >= 0.6 is 11.8 Å². The number of nitrogens with one attached hydrogen (secondary N) is 2. The van der Waals surface area contributed by atoms with Gasteiger partial charge in [0.2, 0.25) is 5.91 Å². The minimum absolute atomic E-state index is 0.132. The predicted molar refractivity (Wildman–Crippen MR) is 54.1 cm³/mol. The van der Waals surface area contributed by atoms with Crippen molar-refractivity contribution >= 4 is 22.9 Å². The van der Waals surface area contributed by atoms with Gasteiger partial charge in [-0.3, -0.25) is 9.59 Å². The first-order valence-electron chi connectivity index (χ1n) is 4.31. The van der Waals surface area contributed by atoms with E-state index in [0.717, 1.165) is 11.8 Å². The van der Waals surface area contributed by atoms with Crippen LogP contribution in [0.2, 0.25) is 0 Å². The van der Waals surface area contributed by atoms with Crippen molar-refractivity contribution in [2.75, 3.05) is 12.4 Å². The Kier molecular flexibility index (Phi) is 3.38. The second kappa shape index (κ2) is 4.18. The highest BCUT2D eigenvalue weighted by atomic mass is 32.2. The lowest BCUT2D eigenvalue weighted by molar-refractivity contribution is -0.124. The molecule has 3 N–H and O–H groups in total. The molecule has 6 heteroatoms. The summed E-state index contributed by atoms with van der Waals surface area (Å²) in [5.74, 6) is 0.203. The van der Waals surface area contributed by atoms with Gasteiger partial charge >= 0.3 is 0 Å². The van der Waals surface area contributed by atoms with Gasteiger partial charge in [-0.15, -0.1) is 0 Å². The summed E-state index contributed by atoms with van der Waals surface area (Å²) in [5.41, 5.74) is -0.644. The summed E-state index contributed by atoms with van der Waals surface area (Å²) in [4.78, 5) is 22.3. The maximum Gasteiger partial charge on any atom is 0.279 e. The summed E-state index contributed by atoms with van der Waals surface area (Å²) in [7, 11) is 0. The molecule has 0 spiro atoms. The quantitative estimate of drug-likeness (QED) is 0.607. The third-order valence-corrected chi connectivity index (χ3v) is 2.73. The van der Waals surface area contributed by atoms with Crippen LogP contribution in [0.15, 0.2) is 0 Å². The number of hydrogen-bond acceptors (Lipinski definition) is 4. The zero-order valence-electron chi connectivity index (χ0n) is 8.16. The normalized spacial score (nSPS) is 21.9. The fourth-order valence-corrected chi connectivity index (χ4v) is 1.76. The average Bonchev–Trinajstić information content (AvgIpc) is 2.51. The van der Waals surface area contributed by atoms with Gasteiger partial charge in [0.1, 0.15) is 6.04 Å². The molecule has 0 radical (unpaired) electrons. The Morgan fingerprint density at radius 1 is 1.79 bits per heavy atom. The summed E-state index contributed by atoms with van der Waals surface area (Å²) in [6, 6.07) is -0.474. The van der Waals surface area contributed by atoms with E-state index in [1.807, 2.05) is 0 Å². The number of amides is 2. The topological polar surface area (TPSA) is 78.4 Å². The van der Waals surface area contributed by atoms with Gasteiger partial charge in [0.05, 0.1) is 12.1 Å². The smallest absolute Gasteiger partial charge is 0.279 e. The molecule has 1 rings (SSSR count).